The highest BCUT2D eigenvalue weighted by atomic mass is 32.2. The van der Waals surface area contributed by atoms with Crippen LogP contribution in [0.5, 0.6) is 0 Å². The van der Waals surface area contributed by atoms with Crippen LogP contribution in [0.1, 0.15) is 36.4 Å². The van der Waals surface area contributed by atoms with E-state index >= 15 is 0 Å². The fourth-order valence-corrected chi connectivity index (χ4v) is 3.45. The minimum Gasteiger partial charge on any atom is -0.338 e. The molecule has 1 atom stereocenters. The van der Waals surface area contributed by atoms with Crippen LogP contribution in [-0.4, -0.2) is 45.7 Å². The van der Waals surface area contributed by atoms with Gasteiger partial charge in [-0.25, -0.2) is 17.9 Å². The van der Waals surface area contributed by atoms with Crippen molar-refractivity contribution in [3.63, 3.8) is 0 Å². The van der Waals surface area contributed by atoms with Gasteiger partial charge < -0.3 is 10.2 Å². The molecule has 0 heterocycles. The second kappa shape index (κ2) is 7.79. The van der Waals surface area contributed by atoms with E-state index in [2.05, 4.69) is 22.2 Å². The fraction of sp³-hybridized carbons (Fsp3) is 0.562. The van der Waals surface area contributed by atoms with E-state index in [1.54, 1.807) is 4.90 Å². The normalized spacial score (nSPS) is 17.4. The zero-order chi connectivity index (χ0) is 16.9. The molecule has 7 heteroatoms. The van der Waals surface area contributed by atoms with E-state index in [-0.39, 0.29) is 12.1 Å². The van der Waals surface area contributed by atoms with Crippen molar-refractivity contribution in [1.82, 2.24) is 14.9 Å². The lowest BCUT2D eigenvalue weighted by atomic mass is 9.87. The molecule has 2 amide bonds. The Kier molecular flexibility index (Phi) is 6.01. The van der Waals surface area contributed by atoms with Crippen molar-refractivity contribution in [3.8, 4) is 0 Å². The predicted molar refractivity (Wildman–Crippen MR) is 90.7 cm³/mol. The van der Waals surface area contributed by atoms with Crippen molar-refractivity contribution in [2.45, 2.75) is 31.7 Å². The van der Waals surface area contributed by atoms with Crippen molar-refractivity contribution in [2.75, 3.05) is 26.4 Å². The van der Waals surface area contributed by atoms with Crippen molar-refractivity contribution >= 4 is 16.1 Å². The number of nitrogens with one attached hydrogen (secondary N) is 2. The zero-order valence-corrected chi connectivity index (χ0v) is 14.5. The van der Waals surface area contributed by atoms with Gasteiger partial charge in [0.2, 0.25) is 10.0 Å². The second-order valence-electron chi connectivity index (χ2n) is 5.97. The number of carbonyl (C=O) groups is 1. The number of carbonyl (C=O) groups excluding carboxylic acids is 1. The van der Waals surface area contributed by atoms with Crippen molar-refractivity contribution in [3.05, 3.63) is 35.4 Å². The third-order valence-electron chi connectivity index (χ3n) is 4.12. The summed E-state index contributed by atoms with van der Waals surface area (Å²) in [6, 6.07) is 8.26. The second-order valence-corrected chi connectivity index (χ2v) is 7.80. The number of aryl methyl sites for hydroxylation is 1. The molecule has 6 nitrogen and oxygen atoms in total. The molecule has 128 valence electrons. The highest BCUT2D eigenvalue weighted by molar-refractivity contribution is 7.88. The molecule has 1 aliphatic rings. The van der Waals surface area contributed by atoms with E-state index in [1.807, 2.05) is 19.2 Å². The van der Waals surface area contributed by atoms with Crippen LogP contribution in [0.15, 0.2) is 24.3 Å². The van der Waals surface area contributed by atoms with Crippen LogP contribution in [0.4, 0.5) is 4.79 Å². The molecular formula is C16H25N3O3S. The standard InChI is InChI=1S/C16H25N3O3S/c1-19(16(20)17-11-6-12-18-23(2,21)22)15-10-5-8-13-7-3-4-9-14(13)15/h3-4,7,9,15,18H,5-6,8,10-12H2,1-2H3,(H,17,20)/t15-/m0/s1. The summed E-state index contributed by atoms with van der Waals surface area (Å²) in [6.45, 7) is 0.773. The molecular weight excluding hydrogens is 314 g/mol. The quantitative estimate of drug-likeness (QED) is 0.774. The van der Waals surface area contributed by atoms with Crippen LogP contribution >= 0.6 is 0 Å². The minimum atomic E-state index is -3.16. The Labute approximate surface area is 138 Å². The minimum absolute atomic E-state index is 0.106. The first-order valence-corrected chi connectivity index (χ1v) is 9.81. The molecule has 1 aromatic rings. The van der Waals surface area contributed by atoms with Gasteiger partial charge in [-0.2, -0.15) is 0 Å². The summed E-state index contributed by atoms with van der Waals surface area (Å²) in [5, 5.41) is 2.85. The van der Waals surface area contributed by atoms with Crippen LogP contribution in [0.2, 0.25) is 0 Å². The molecule has 0 aliphatic heterocycles. The van der Waals surface area contributed by atoms with Crippen LogP contribution in [0.3, 0.4) is 0 Å². The van der Waals surface area contributed by atoms with Gasteiger partial charge in [-0.05, 0) is 36.8 Å². The first kappa shape index (κ1) is 17.7. The number of amides is 2. The number of sulfonamides is 1. The molecule has 0 bridgehead atoms. The van der Waals surface area contributed by atoms with Gasteiger partial charge in [0.25, 0.3) is 0 Å². The van der Waals surface area contributed by atoms with Gasteiger partial charge in [-0.3, -0.25) is 0 Å². The number of hydrogen-bond acceptors (Lipinski definition) is 3. The smallest absolute Gasteiger partial charge is 0.317 e. The SMILES string of the molecule is CN(C(=O)NCCCNS(C)(=O)=O)[C@H]1CCCc2ccccc21. The number of rotatable bonds is 6. The first-order chi connectivity index (χ1) is 10.9. The molecule has 0 saturated carbocycles. The average molecular weight is 339 g/mol. The summed E-state index contributed by atoms with van der Waals surface area (Å²) in [7, 11) is -1.35. The number of benzene rings is 1. The molecule has 1 aromatic carbocycles. The Morgan fingerprint density at radius 3 is 2.78 bits per heavy atom. The van der Waals surface area contributed by atoms with E-state index in [0.717, 1.165) is 25.5 Å². The zero-order valence-electron chi connectivity index (χ0n) is 13.7. The van der Waals surface area contributed by atoms with E-state index < -0.39 is 10.0 Å². The van der Waals surface area contributed by atoms with Gasteiger partial charge in [-0.1, -0.05) is 24.3 Å². The molecule has 0 saturated heterocycles. The van der Waals surface area contributed by atoms with Crippen molar-refractivity contribution < 1.29 is 13.2 Å². The van der Waals surface area contributed by atoms with Crippen LogP contribution in [0.25, 0.3) is 0 Å². The van der Waals surface area contributed by atoms with Gasteiger partial charge in [-0.15, -0.1) is 0 Å². The van der Waals surface area contributed by atoms with E-state index in [9.17, 15) is 13.2 Å². The number of nitrogens with zero attached hydrogens (tertiary/aromatic N) is 1. The van der Waals surface area contributed by atoms with Gasteiger partial charge in [0.05, 0.1) is 12.3 Å². The van der Waals surface area contributed by atoms with Crippen LogP contribution in [-0.2, 0) is 16.4 Å². The Balaban J connectivity index is 1.84. The van der Waals surface area contributed by atoms with Gasteiger partial charge in [0.1, 0.15) is 0 Å². The molecule has 0 fully saturated rings. The van der Waals surface area contributed by atoms with Crippen molar-refractivity contribution in [1.29, 1.82) is 0 Å². The largest absolute Gasteiger partial charge is 0.338 e. The molecule has 23 heavy (non-hydrogen) atoms. The summed E-state index contributed by atoms with van der Waals surface area (Å²) in [5.74, 6) is 0. The Morgan fingerprint density at radius 1 is 1.30 bits per heavy atom. The van der Waals surface area contributed by atoms with Gasteiger partial charge >= 0.3 is 6.03 Å². The maximum Gasteiger partial charge on any atom is 0.317 e. The molecule has 0 radical (unpaired) electrons. The lowest BCUT2D eigenvalue weighted by Crippen LogP contribution is -2.41. The summed E-state index contributed by atoms with van der Waals surface area (Å²) >= 11 is 0. The average Bonchev–Trinajstić information content (AvgIpc) is 2.52. The fourth-order valence-electron chi connectivity index (χ4n) is 2.94. The summed E-state index contributed by atoms with van der Waals surface area (Å²) in [6.07, 6.45) is 4.81. The van der Waals surface area contributed by atoms with Crippen LogP contribution < -0.4 is 10.0 Å². The predicted octanol–water partition coefficient (Wildman–Crippen LogP) is 1.64. The van der Waals surface area contributed by atoms with Gasteiger partial charge in [0, 0.05) is 20.1 Å². The maximum absolute atomic E-state index is 12.3. The number of hydrogen-bond donors (Lipinski definition) is 2. The maximum atomic E-state index is 12.3. The number of fused-ring (bicyclic) bond motifs is 1. The molecule has 0 spiro atoms. The lowest BCUT2D eigenvalue weighted by molar-refractivity contribution is 0.184. The van der Waals surface area contributed by atoms with E-state index in [0.29, 0.717) is 19.5 Å². The third kappa shape index (κ3) is 5.21. The Morgan fingerprint density at radius 2 is 2.04 bits per heavy atom. The Hall–Kier alpha value is -1.60. The highest BCUT2D eigenvalue weighted by Crippen LogP contribution is 2.33. The first-order valence-electron chi connectivity index (χ1n) is 7.91. The van der Waals surface area contributed by atoms with Gasteiger partial charge in [0.15, 0.2) is 0 Å². The highest BCUT2D eigenvalue weighted by Gasteiger charge is 2.26. The summed E-state index contributed by atoms with van der Waals surface area (Å²) in [5.41, 5.74) is 2.55. The van der Waals surface area contributed by atoms with E-state index in [4.69, 9.17) is 0 Å². The number of urea groups is 1. The molecule has 2 rings (SSSR count). The molecule has 0 aromatic heterocycles. The van der Waals surface area contributed by atoms with Crippen molar-refractivity contribution in [2.24, 2.45) is 0 Å². The molecule has 2 N–H and O–H groups in total. The van der Waals surface area contributed by atoms with Crippen LogP contribution in [0, 0.1) is 0 Å². The topological polar surface area (TPSA) is 78.5 Å². The summed E-state index contributed by atoms with van der Waals surface area (Å²) in [4.78, 5) is 14.0. The molecule has 1 aliphatic carbocycles. The molecule has 0 unspecified atom stereocenters. The summed E-state index contributed by atoms with van der Waals surface area (Å²) < 4.78 is 24.3. The lowest BCUT2D eigenvalue weighted by Gasteiger charge is -2.33. The Bertz CT molecular complexity index is 646. The monoisotopic (exact) mass is 339 g/mol. The van der Waals surface area contributed by atoms with E-state index in [1.165, 1.54) is 11.1 Å². The third-order valence-corrected chi connectivity index (χ3v) is 4.85.